The maximum Gasteiger partial charge on any atom is 0.0772 e. The van der Waals surface area contributed by atoms with Crippen molar-refractivity contribution in [2.24, 2.45) is 4.99 Å². The van der Waals surface area contributed by atoms with Crippen LogP contribution in [-0.2, 0) is 0 Å². The summed E-state index contributed by atoms with van der Waals surface area (Å²) in [5, 5.41) is 0.749. The minimum atomic E-state index is 0.146. The summed E-state index contributed by atoms with van der Waals surface area (Å²) < 4.78 is 0.995. The van der Waals surface area contributed by atoms with Gasteiger partial charge in [0.15, 0.2) is 0 Å². The first-order chi connectivity index (χ1) is 12.2. The van der Waals surface area contributed by atoms with Gasteiger partial charge in [0.05, 0.1) is 10.7 Å². The van der Waals surface area contributed by atoms with Gasteiger partial charge in [-0.1, -0.05) is 24.6 Å². The van der Waals surface area contributed by atoms with Gasteiger partial charge < -0.3 is 4.90 Å². The Morgan fingerprint density at radius 2 is 2.04 bits per heavy atom. The maximum absolute atomic E-state index is 6.63. The molecule has 0 spiro atoms. The molecule has 3 rings (SSSR count). The zero-order valence-corrected chi connectivity index (χ0v) is 18.4. The van der Waals surface area contributed by atoms with Gasteiger partial charge in [-0.05, 0) is 91.4 Å². The highest BCUT2D eigenvalue weighted by Crippen LogP contribution is 2.44. The van der Waals surface area contributed by atoms with E-state index in [9.17, 15) is 0 Å². The van der Waals surface area contributed by atoms with Gasteiger partial charge in [0.2, 0.25) is 0 Å². The molecule has 2 aromatic rings. The number of benzene rings is 2. The number of hydrogen-bond donors (Lipinski definition) is 0. The van der Waals surface area contributed by atoms with Crippen molar-refractivity contribution in [3.63, 3.8) is 0 Å². The van der Waals surface area contributed by atoms with Crippen molar-refractivity contribution >= 4 is 45.1 Å². The van der Waals surface area contributed by atoms with E-state index in [0.717, 1.165) is 33.7 Å². The molecule has 0 fully saturated rings. The molecule has 0 amide bonds. The fourth-order valence-electron chi connectivity index (χ4n) is 4.07. The van der Waals surface area contributed by atoms with E-state index in [4.69, 9.17) is 11.6 Å². The van der Waals surface area contributed by atoms with Crippen molar-refractivity contribution in [3.05, 3.63) is 56.5 Å². The van der Waals surface area contributed by atoms with Gasteiger partial charge in [0.1, 0.15) is 0 Å². The van der Waals surface area contributed by atoms with E-state index in [0.29, 0.717) is 5.92 Å². The second kappa shape index (κ2) is 7.36. The molecule has 1 atom stereocenters. The average Bonchev–Trinajstić information content (AvgIpc) is 2.54. The first-order valence-electron chi connectivity index (χ1n) is 9.14. The smallest absolute Gasteiger partial charge is 0.0772 e. The third-order valence-corrected chi connectivity index (χ3v) is 6.23. The molecule has 1 heterocycles. The summed E-state index contributed by atoms with van der Waals surface area (Å²) in [6.45, 7) is 12.2. The number of fused-ring (bicyclic) bond motifs is 1. The Kier molecular flexibility index (Phi) is 5.50. The van der Waals surface area contributed by atoms with E-state index in [1.165, 1.54) is 16.8 Å². The maximum atomic E-state index is 6.63. The van der Waals surface area contributed by atoms with Crippen molar-refractivity contribution in [1.82, 2.24) is 0 Å². The van der Waals surface area contributed by atoms with Crippen LogP contribution in [0, 0.1) is 6.92 Å². The summed E-state index contributed by atoms with van der Waals surface area (Å²) in [4.78, 5) is 7.11. The van der Waals surface area contributed by atoms with Crippen molar-refractivity contribution < 1.29 is 0 Å². The minimum absolute atomic E-state index is 0.146. The monoisotopic (exact) mass is 432 g/mol. The van der Waals surface area contributed by atoms with Gasteiger partial charge >= 0.3 is 0 Å². The lowest BCUT2D eigenvalue weighted by atomic mass is 9.79. The number of nitrogens with zero attached hydrogens (tertiary/aromatic N) is 2. The lowest BCUT2D eigenvalue weighted by molar-refractivity contribution is 0.381. The van der Waals surface area contributed by atoms with Gasteiger partial charge in [-0.15, -0.1) is 0 Å². The third kappa shape index (κ3) is 3.70. The topological polar surface area (TPSA) is 15.6 Å². The molecule has 26 heavy (non-hydrogen) atoms. The second-order valence-electron chi connectivity index (χ2n) is 7.81. The highest BCUT2D eigenvalue weighted by molar-refractivity contribution is 9.10. The molecule has 1 aliphatic heterocycles. The Morgan fingerprint density at radius 3 is 2.69 bits per heavy atom. The third-order valence-electron chi connectivity index (χ3n) is 5.27. The second-order valence-corrected chi connectivity index (χ2v) is 9.07. The summed E-state index contributed by atoms with van der Waals surface area (Å²) in [7, 11) is 0. The summed E-state index contributed by atoms with van der Waals surface area (Å²) in [6.07, 6.45) is 3.01. The molecule has 0 saturated carbocycles. The van der Waals surface area contributed by atoms with Gasteiger partial charge in [-0.25, -0.2) is 0 Å². The molecule has 1 unspecified atom stereocenters. The van der Waals surface area contributed by atoms with Crippen molar-refractivity contribution in [3.8, 4) is 0 Å². The van der Waals surface area contributed by atoms with Gasteiger partial charge in [0, 0.05) is 34.0 Å². The largest absolute Gasteiger partial charge is 0.366 e. The molecule has 0 aromatic heterocycles. The van der Waals surface area contributed by atoms with Gasteiger partial charge in [-0.3, -0.25) is 4.99 Å². The normalized spacial score (nSPS) is 19.0. The fourth-order valence-corrected chi connectivity index (χ4v) is 4.88. The van der Waals surface area contributed by atoms with Crippen LogP contribution in [0.2, 0.25) is 5.02 Å². The van der Waals surface area contributed by atoms with E-state index in [1.807, 2.05) is 12.3 Å². The molecule has 2 nitrogen and oxygen atoms in total. The Labute approximate surface area is 170 Å². The predicted molar refractivity (Wildman–Crippen MR) is 118 cm³/mol. The van der Waals surface area contributed by atoms with Crippen LogP contribution >= 0.6 is 27.5 Å². The number of aryl methyl sites for hydroxylation is 1. The van der Waals surface area contributed by atoms with Crippen LogP contribution < -0.4 is 4.90 Å². The highest BCUT2D eigenvalue weighted by Gasteiger charge is 2.35. The van der Waals surface area contributed by atoms with E-state index >= 15 is 0 Å². The number of hydrogen-bond acceptors (Lipinski definition) is 2. The van der Waals surface area contributed by atoms with Crippen molar-refractivity contribution in [1.29, 1.82) is 0 Å². The molecule has 138 valence electrons. The molecule has 0 saturated heterocycles. The van der Waals surface area contributed by atoms with Crippen LogP contribution in [0.25, 0.3) is 0 Å². The predicted octanol–water partition coefficient (Wildman–Crippen LogP) is 7.27. The summed E-state index contributed by atoms with van der Waals surface area (Å²) in [5.74, 6) is 0.498. The van der Waals surface area contributed by atoms with Gasteiger partial charge in [-0.2, -0.15) is 0 Å². The lowest BCUT2D eigenvalue weighted by Crippen LogP contribution is -2.48. The number of rotatable bonds is 3. The van der Waals surface area contributed by atoms with E-state index in [-0.39, 0.29) is 5.54 Å². The van der Waals surface area contributed by atoms with Crippen molar-refractivity contribution in [2.75, 3.05) is 11.4 Å². The average molecular weight is 434 g/mol. The molecule has 0 radical (unpaired) electrons. The summed E-state index contributed by atoms with van der Waals surface area (Å²) in [5.41, 5.74) is 5.86. The zero-order chi connectivity index (χ0) is 19.1. The highest BCUT2D eigenvalue weighted by atomic mass is 79.9. The molecule has 0 bridgehead atoms. The molecule has 1 aliphatic rings. The molecule has 0 aliphatic carbocycles. The number of anilines is 1. The Bertz CT molecular complexity index is 857. The Hall–Kier alpha value is -1.32. The first kappa shape index (κ1) is 19.4. The van der Waals surface area contributed by atoms with Crippen LogP contribution in [0.5, 0.6) is 0 Å². The fraction of sp³-hybridized carbons (Fsp3) is 0.409. The quantitative estimate of drug-likeness (QED) is 0.464. The van der Waals surface area contributed by atoms with Crippen LogP contribution in [0.3, 0.4) is 0 Å². The lowest BCUT2D eigenvalue weighted by Gasteiger charge is -2.47. The van der Waals surface area contributed by atoms with Crippen LogP contribution in [-0.4, -0.2) is 18.3 Å². The zero-order valence-electron chi connectivity index (χ0n) is 16.1. The first-order valence-corrected chi connectivity index (χ1v) is 10.3. The van der Waals surface area contributed by atoms with E-state index < -0.39 is 0 Å². The van der Waals surface area contributed by atoms with E-state index in [1.54, 1.807) is 0 Å². The molecular weight excluding hydrogens is 408 g/mol. The Morgan fingerprint density at radius 1 is 1.31 bits per heavy atom. The standard InChI is InChI=1S/C22H26BrClN2/c1-6-26-21-11-19(24)16(10-17(21)15(3)12-22(26,4)5)13-25-20-8-7-14(2)9-18(20)23/h7-11,13,15H,6,12H2,1-5H3. The summed E-state index contributed by atoms with van der Waals surface area (Å²) in [6, 6.07) is 10.5. The minimum Gasteiger partial charge on any atom is -0.366 e. The number of halogens is 2. The van der Waals surface area contributed by atoms with Crippen LogP contribution in [0.15, 0.2) is 39.8 Å². The molecule has 4 heteroatoms. The van der Waals surface area contributed by atoms with Gasteiger partial charge in [0.25, 0.3) is 0 Å². The number of aliphatic imine (C=N–C) groups is 1. The van der Waals surface area contributed by atoms with E-state index in [2.05, 4.69) is 84.7 Å². The Balaban J connectivity index is 2.01. The van der Waals surface area contributed by atoms with Crippen LogP contribution in [0.1, 0.15) is 56.7 Å². The summed E-state index contributed by atoms with van der Waals surface area (Å²) >= 11 is 10.2. The molecule has 2 aromatic carbocycles. The molecule has 0 N–H and O–H groups in total. The molecular formula is C22H26BrClN2. The van der Waals surface area contributed by atoms with Crippen molar-refractivity contribution in [2.45, 2.75) is 52.5 Å². The SMILES string of the molecule is CCN1c2cc(Cl)c(C=Nc3ccc(C)cc3Br)cc2C(C)CC1(C)C. The van der Waals surface area contributed by atoms with Crippen LogP contribution in [0.4, 0.5) is 11.4 Å².